The molecule has 24 heavy (non-hydrogen) atoms. The Hall–Kier alpha value is -3.42. The number of hydrogen-bond donors (Lipinski definition) is 2. The van der Waals surface area contributed by atoms with E-state index in [1.54, 1.807) is 24.3 Å². The van der Waals surface area contributed by atoms with Crippen LogP contribution in [0.3, 0.4) is 0 Å². The van der Waals surface area contributed by atoms with E-state index in [2.05, 4.69) is 15.4 Å². The quantitative estimate of drug-likeness (QED) is 0.660. The van der Waals surface area contributed by atoms with Crippen LogP contribution in [0.4, 0.5) is 21.9 Å². The molecular formula is C16H15N3O5. The van der Waals surface area contributed by atoms with Crippen molar-refractivity contribution in [2.75, 3.05) is 17.7 Å². The molecule has 0 bridgehead atoms. The fraction of sp³-hybridized carbons (Fsp3) is 0.125. The van der Waals surface area contributed by atoms with Crippen molar-refractivity contribution in [3.63, 3.8) is 0 Å². The largest absolute Gasteiger partial charge is 0.453 e. The number of nitrogens with one attached hydrogen (secondary N) is 2. The predicted molar refractivity (Wildman–Crippen MR) is 88.3 cm³/mol. The zero-order chi connectivity index (χ0) is 17.7. The van der Waals surface area contributed by atoms with Crippen molar-refractivity contribution in [2.45, 2.75) is 6.92 Å². The predicted octanol–water partition coefficient (Wildman–Crippen LogP) is 3.33. The molecule has 2 N–H and O–H groups in total. The van der Waals surface area contributed by atoms with E-state index < -0.39 is 16.9 Å². The second-order valence-corrected chi connectivity index (χ2v) is 4.85. The number of methoxy groups -OCH3 is 1. The van der Waals surface area contributed by atoms with Gasteiger partial charge in [-0.05, 0) is 37.3 Å². The van der Waals surface area contributed by atoms with E-state index in [4.69, 9.17) is 0 Å². The molecule has 0 aromatic heterocycles. The number of nitro groups is 1. The van der Waals surface area contributed by atoms with E-state index in [9.17, 15) is 19.7 Å². The maximum atomic E-state index is 12.3. The third kappa shape index (κ3) is 3.86. The Kier molecular flexibility index (Phi) is 5.10. The summed E-state index contributed by atoms with van der Waals surface area (Å²) in [7, 11) is 1.26. The van der Waals surface area contributed by atoms with Crippen molar-refractivity contribution in [2.24, 2.45) is 0 Å². The lowest BCUT2D eigenvalue weighted by Gasteiger charge is -2.09. The van der Waals surface area contributed by atoms with Gasteiger partial charge in [-0.3, -0.25) is 20.2 Å². The fourth-order valence-electron chi connectivity index (χ4n) is 2.07. The van der Waals surface area contributed by atoms with Crippen LogP contribution in [0.1, 0.15) is 15.9 Å². The van der Waals surface area contributed by atoms with E-state index in [-0.39, 0.29) is 11.3 Å². The normalized spacial score (nSPS) is 9.92. The Morgan fingerprint density at radius 1 is 1.04 bits per heavy atom. The van der Waals surface area contributed by atoms with Crippen molar-refractivity contribution in [3.8, 4) is 0 Å². The number of anilines is 2. The van der Waals surface area contributed by atoms with Gasteiger partial charge >= 0.3 is 6.09 Å². The summed E-state index contributed by atoms with van der Waals surface area (Å²) in [6.45, 7) is 1.52. The molecule has 0 saturated carbocycles. The summed E-state index contributed by atoms with van der Waals surface area (Å²) in [5.41, 5.74) is 1.40. The number of carbonyl (C=O) groups excluding carboxylic acids is 2. The molecule has 2 rings (SSSR count). The van der Waals surface area contributed by atoms with Crippen LogP contribution in [0.5, 0.6) is 0 Å². The van der Waals surface area contributed by atoms with E-state index in [0.29, 0.717) is 16.9 Å². The second kappa shape index (κ2) is 7.23. The average molecular weight is 329 g/mol. The molecule has 0 radical (unpaired) electrons. The molecule has 2 amide bonds. The zero-order valence-corrected chi connectivity index (χ0v) is 13.0. The van der Waals surface area contributed by atoms with Crippen molar-refractivity contribution < 1.29 is 19.2 Å². The summed E-state index contributed by atoms with van der Waals surface area (Å²) >= 11 is 0. The lowest BCUT2D eigenvalue weighted by molar-refractivity contribution is -0.385. The van der Waals surface area contributed by atoms with Crippen molar-refractivity contribution >= 4 is 29.1 Å². The Bertz CT molecular complexity index is 787. The summed E-state index contributed by atoms with van der Waals surface area (Å²) in [6.07, 6.45) is -0.598. The van der Waals surface area contributed by atoms with E-state index >= 15 is 0 Å². The minimum Gasteiger partial charge on any atom is -0.453 e. The van der Waals surface area contributed by atoms with Gasteiger partial charge in [-0.25, -0.2) is 4.79 Å². The fourth-order valence-corrected chi connectivity index (χ4v) is 2.07. The first-order chi connectivity index (χ1) is 11.4. The number of nitro benzene ring substituents is 1. The molecule has 0 saturated heterocycles. The first-order valence-corrected chi connectivity index (χ1v) is 6.92. The summed E-state index contributed by atoms with van der Waals surface area (Å²) in [4.78, 5) is 33.8. The van der Waals surface area contributed by atoms with Gasteiger partial charge in [-0.15, -0.1) is 0 Å². The van der Waals surface area contributed by atoms with Crippen LogP contribution < -0.4 is 10.6 Å². The summed E-state index contributed by atoms with van der Waals surface area (Å²) < 4.78 is 4.48. The molecule has 124 valence electrons. The van der Waals surface area contributed by atoms with Crippen LogP contribution >= 0.6 is 0 Å². The minimum absolute atomic E-state index is 0.111. The van der Waals surface area contributed by atoms with Crippen LogP contribution in [0.2, 0.25) is 0 Å². The molecule has 0 aliphatic heterocycles. The van der Waals surface area contributed by atoms with E-state index in [1.807, 2.05) is 0 Å². The number of ether oxygens (including phenoxy) is 1. The summed E-state index contributed by atoms with van der Waals surface area (Å²) in [6, 6.07) is 10.7. The first-order valence-electron chi connectivity index (χ1n) is 6.92. The standard InChI is InChI=1S/C16H15N3O5/c1-10-13(4-3-5-14(10)19(22)23)15(20)17-11-6-8-12(9-7-11)18-16(21)24-2/h3-9H,1-2H3,(H,17,20)(H,18,21). The van der Waals surface area contributed by atoms with Crippen molar-refractivity contribution in [3.05, 3.63) is 63.7 Å². The monoisotopic (exact) mass is 329 g/mol. The minimum atomic E-state index is -0.598. The van der Waals surface area contributed by atoms with Gasteiger partial charge in [0.2, 0.25) is 0 Å². The van der Waals surface area contributed by atoms with E-state index in [0.717, 1.165) is 0 Å². The van der Waals surface area contributed by atoms with Gasteiger partial charge in [0.25, 0.3) is 11.6 Å². The van der Waals surface area contributed by atoms with Gasteiger partial charge < -0.3 is 10.1 Å². The second-order valence-electron chi connectivity index (χ2n) is 4.85. The summed E-state index contributed by atoms with van der Waals surface area (Å²) in [5, 5.41) is 16.1. The van der Waals surface area contributed by atoms with Crippen LogP contribution in [0.15, 0.2) is 42.5 Å². The van der Waals surface area contributed by atoms with Gasteiger partial charge in [0.15, 0.2) is 0 Å². The Morgan fingerprint density at radius 2 is 1.62 bits per heavy atom. The van der Waals surface area contributed by atoms with Crippen LogP contribution in [-0.2, 0) is 4.74 Å². The van der Waals surface area contributed by atoms with Crippen LogP contribution in [0, 0.1) is 17.0 Å². The maximum Gasteiger partial charge on any atom is 0.411 e. The number of carbonyl (C=O) groups is 2. The third-order valence-corrected chi connectivity index (χ3v) is 3.32. The number of rotatable bonds is 4. The highest BCUT2D eigenvalue weighted by Crippen LogP contribution is 2.22. The average Bonchev–Trinajstić information content (AvgIpc) is 2.56. The van der Waals surface area contributed by atoms with Crippen molar-refractivity contribution in [1.82, 2.24) is 0 Å². The third-order valence-electron chi connectivity index (χ3n) is 3.32. The molecule has 0 aliphatic rings. The number of benzene rings is 2. The number of amides is 2. The summed E-state index contributed by atoms with van der Waals surface area (Å²) in [5.74, 6) is -0.454. The molecule has 0 spiro atoms. The lowest BCUT2D eigenvalue weighted by Crippen LogP contribution is -2.14. The van der Waals surface area contributed by atoms with Gasteiger partial charge in [0.05, 0.1) is 12.0 Å². The Morgan fingerprint density at radius 3 is 2.17 bits per heavy atom. The molecule has 0 fully saturated rings. The van der Waals surface area contributed by atoms with Crippen LogP contribution in [0.25, 0.3) is 0 Å². The molecule has 0 aliphatic carbocycles. The smallest absolute Gasteiger partial charge is 0.411 e. The number of nitrogens with zero attached hydrogens (tertiary/aromatic N) is 1. The van der Waals surface area contributed by atoms with Crippen LogP contribution in [-0.4, -0.2) is 24.0 Å². The van der Waals surface area contributed by atoms with Crippen molar-refractivity contribution in [1.29, 1.82) is 0 Å². The molecule has 0 heterocycles. The number of hydrogen-bond acceptors (Lipinski definition) is 5. The first kappa shape index (κ1) is 16.9. The molecule has 0 unspecified atom stereocenters. The molecule has 2 aromatic rings. The van der Waals surface area contributed by atoms with E-state index in [1.165, 1.54) is 32.2 Å². The molecule has 0 atom stereocenters. The Labute approximate surface area is 137 Å². The van der Waals surface area contributed by atoms with Gasteiger partial charge in [0.1, 0.15) is 0 Å². The van der Waals surface area contributed by atoms with Gasteiger partial charge in [0, 0.05) is 28.6 Å². The highest BCUT2D eigenvalue weighted by Gasteiger charge is 2.17. The Balaban J connectivity index is 2.14. The van der Waals surface area contributed by atoms with Gasteiger partial charge in [-0.2, -0.15) is 0 Å². The topological polar surface area (TPSA) is 111 Å². The molecule has 8 nitrogen and oxygen atoms in total. The molecular weight excluding hydrogens is 314 g/mol. The lowest BCUT2D eigenvalue weighted by atomic mass is 10.1. The van der Waals surface area contributed by atoms with Gasteiger partial charge in [-0.1, -0.05) is 6.07 Å². The maximum absolute atomic E-state index is 12.3. The highest BCUT2D eigenvalue weighted by molar-refractivity contribution is 6.06. The zero-order valence-electron chi connectivity index (χ0n) is 13.0. The highest BCUT2D eigenvalue weighted by atomic mass is 16.6. The SMILES string of the molecule is COC(=O)Nc1ccc(NC(=O)c2cccc([N+](=O)[O-])c2C)cc1. The molecule has 2 aromatic carbocycles. The molecule has 8 heteroatoms.